The molecule has 0 amide bonds. The summed E-state index contributed by atoms with van der Waals surface area (Å²) in [5.74, 6) is 1.28. The molecule has 0 aliphatic carbocycles. The molecule has 0 aromatic rings. The second-order valence-corrected chi connectivity index (χ2v) is 4.10. The Bertz CT molecular complexity index is 159. The number of Topliss-reactive ketones (excluding diaryl/α,β-unsaturated/α-hetero) is 1. The first kappa shape index (κ1) is 9.72. The zero-order valence-corrected chi connectivity index (χ0v) is 8.26. The highest BCUT2D eigenvalue weighted by Crippen LogP contribution is 2.19. The molecule has 3 atom stereocenters. The van der Waals surface area contributed by atoms with E-state index in [9.17, 15) is 4.79 Å². The zero-order valence-electron chi connectivity index (χ0n) is 8.26. The van der Waals surface area contributed by atoms with Crippen molar-refractivity contribution in [3.63, 3.8) is 0 Å². The summed E-state index contributed by atoms with van der Waals surface area (Å²) in [6.07, 6.45) is 2.41. The van der Waals surface area contributed by atoms with Gasteiger partial charge >= 0.3 is 0 Å². The molecule has 0 spiro atoms. The van der Waals surface area contributed by atoms with Gasteiger partial charge in [0.15, 0.2) is 0 Å². The molecule has 1 saturated heterocycles. The maximum Gasteiger partial charge on any atom is 0.134 e. The first-order valence-electron chi connectivity index (χ1n) is 4.85. The Labute approximate surface area is 74.7 Å². The van der Waals surface area contributed by atoms with Crippen molar-refractivity contribution >= 4 is 5.78 Å². The third kappa shape index (κ3) is 2.31. The fourth-order valence-electron chi connectivity index (χ4n) is 1.73. The third-order valence-corrected chi connectivity index (χ3v) is 2.94. The van der Waals surface area contributed by atoms with E-state index in [0.29, 0.717) is 11.8 Å². The van der Waals surface area contributed by atoms with Gasteiger partial charge in [0.25, 0.3) is 0 Å². The lowest BCUT2D eigenvalue weighted by Crippen LogP contribution is -2.44. The summed E-state index contributed by atoms with van der Waals surface area (Å²) >= 11 is 0. The van der Waals surface area contributed by atoms with Crippen molar-refractivity contribution in [1.29, 1.82) is 0 Å². The van der Waals surface area contributed by atoms with Gasteiger partial charge in [0.1, 0.15) is 5.78 Å². The van der Waals surface area contributed by atoms with E-state index in [2.05, 4.69) is 12.2 Å². The van der Waals surface area contributed by atoms with E-state index >= 15 is 0 Å². The Morgan fingerprint density at radius 3 is 2.58 bits per heavy atom. The quantitative estimate of drug-likeness (QED) is 0.680. The molecule has 1 fully saturated rings. The van der Waals surface area contributed by atoms with E-state index in [1.165, 1.54) is 6.42 Å². The van der Waals surface area contributed by atoms with Crippen molar-refractivity contribution in [2.24, 2.45) is 11.8 Å². The molecule has 1 aliphatic rings. The molecule has 1 aliphatic heterocycles. The summed E-state index contributed by atoms with van der Waals surface area (Å²) in [6, 6.07) is 0.429. The number of nitrogens with one attached hydrogen (secondary N) is 1. The standard InChI is InChI=1S/C10H19NO/c1-7-4-5-10(11-6-7)8(2)9(3)12/h7-8,10-11H,4-6H2,1-3H3. The highest BCUT2D eigenvalue weighted by atomic mass is 16.1. The van der Waals surface area contributed by atoms with E-state index in [0.717, 1.165) is 18.9 Å². The number of carbonyl (C=O) groups is 1. The normalized spacial score (nSPS) is 32.9. The van der Waals surface area contributed by atoms with Crippen molar-refractivity contribution in [3.05, 3.63) is 0 Å². The summed E-state index contributed by atoms with van der Waals surface area (Å²) in [5, 5.41) is 3.43. The van der Waals surface area contributed by atoms with Gasteiger partial charge in [-0.25, -0.2) is 0 Å². The Balaban J connectivity index is 2.39. The Kier molecular flexibility index (Phi) is 3.27. The average molecular weight is 169 g/mol. The van der Waals surface area contributed by atoms with Gasteiger partial charge in [-0.1, -0.05) is 13.8 Å². The molecular weight excluding hydrogens is 150 g/mol. The average Bonchev–Trinajstić information content (AvgIpc) is 2.04. The summed E-state index contributed by atoms with van der Waals surface area (Å²) in [5.41, 5.74) is 0. The van der Waals surface area contributed by atoms with Crippen molar-refractivity contribution in [2.45, 2.75) is 39.7 Å². The van der Waals surface area contributed by atoms with Crippen LogP contribution in [-0.4, -0.2) is 18.4 Å². The molecule has 70 valence electrons. The summed E-state index contributed by atoms with van der Waals surface area (Å²) in [4.78, 5) is 11.1. The summed E-state index contributed by atoms with van der Waals surface area (Å²) in [7, 11) is 0. The van der Waals surface area contributed by atoms with Crippen LogP contribution in [-0.2, 0) is 4.79 Å². The predicted molar refractivity (Wildman–Crippen MR) is 50.0 cm³/mol. The van der Waals surface area contributed by atoms with E-state index in [-0.39, 0.29) is 5.92 Å². The number of hydrogen-bond donors (Lipinski definition) is 1. The number of carbonyl (C=O) groups excluding carboxylic acids is 1. The van der Waals surface area contributed by atoms with Gasteiger partial charge in [0.2, 0.25) is 0 Å². The van der Waals surface area contributed by atoms with Gasteiger partial charge in [-0.2, -0.15) is 0 Å². The van der Waals surface area contributed by atoms with Crippen LogP contribution in [0.2, 0.25) is 0 Å². The molecule has 1 rings (SSSR count). The molecule has 0 bridgehead atoms. The largest absolute Gasteiger partial charge is 0.313 e. The van der Waals surface area contributed by atoms with Crippen LogP contribution in [0.1, 0.15) is 33.6 Å². The van der Waals surface area contributed by atoms with Crippen LogP contribution in [0, 0.1) is 11.8 Å². The van der Waals surface area contributed by atoms with Crippen molar-refractivity contribution in [2.75, 3.05) is 6.54 Å². The van der Waals surface area contributed by atoms with Crippen LogP contribution in [0.4, 0.5) is 0 Å². The molecule has 0 aromatic heterocycles. The van der Waals surface area contributed by atoms with Crippen LogP contribution in [0.25, 0.3) is 0 Å². The van der Waals surface area contributed by atoms with Gasteiger partial charge in [-0.3, -0.25) is 4.79 Å². The molecule has 12 heavy (non-hydrogen) atoms. The van der Waals surface area contributed by atoms with Gasteiger partial charge in [-0.15, -0.1) is 0 Å². The van der Waals surface area contributed by atoms with Gasteiger partial charge in [-0.05, 0) is 32.2 Å². The van der Waals surface area contributed by atoms with E-state index in [1.54, 1.807) is 6.92 Å². The molecule has 0 saturated carbocycles. The zero-order chi connectivity index (χ0) is 9.14. The van der Waals surface area contributed by atoms with Crippen LogP contribution < -0.4 is 5.32 Å². The van der Waals surface area contributed by atoms with Crippen LogP contribution >= 0.6 is 0 Å². The first-order valence-corrected chi connectivity index (χ1v) is 4.85. The molecule has 3 unspecified atom stereocenters. The first-order chi connectivity index (χ1) is 5.61. The molecule has 2 nitrogen and oxygen atoms in total. The van der Waals surface area contributed by atoms with Crippen molar-refractivity contribution in [3.8, 4) is 0 Å². The predicted octanol–water partition coefficient (Wildman–Crippen LogP) is 1.60. The highest BCUT2D eigenvalue weighted by molar-refractivity contribution is 5.78. The Hall–Kier alpha value is -0.370. The molecule has 0 aromatic carbocycles. The number of piperidine rings is 1. The summed E-state index contributed by atoms with van der Waals surface area (Å²) in [6.45, 7) is 7.03. The van der Waals surface area contributed by atoms with Gasteiger partial charge in [0, 0.05) is 12.0 Å². The number of hydrogen-bond acceptors (Lipinski definition) is 2. The summed E-state index contributed by atoms with van der Waals surface area (Å²) < 4.78 is 0. The maximum absolute atomic E-state index is 11.1. The monoisotopic (exact) mass is 169 g/mol. The smallest absolute Gasteiger partial charge is 0.134 e. The minimum atomic E-state index is 0.192. The molecule has 1 N–H and O–H groups in total. The topological polar surface area (TPSA) is 29.1 Å². The van der Waals surface area contributed by atoms with Crippen LogP contribution in [0.15, 0.2) is 0 Å². The van der Waals surface area contributed by atoms with Crippen molar-refractivity contribution < 1.29 is 4.79 Å². The van der Waals surface area contributed by atoms with E-state index < -0.39 is 0 Å². The lowest BCUT2D eigenvalue weighted by molar-refractivity contribution is -0.121. The maximum atomic E-state index is 11.1. The van der Waals surface area contributed by atoms with Crippen LogP contribution in [0.5, 0.6) is 0 Å². The number of ketones is 1. The molecular formula is C10H19NO. The Morgan fingerprint density at radius 1 is 1.50 bits per heavy atom. The second kappa shape index (κ2) is 4.04. The second-order valence-electron chi connectivity index (χ2n) is 4.10. The van der Waals surface area contributed by atoms with Gasteiger partial charge in [0.05, 0.1) is 0 Å². The highest BCUT2D eigenvalue weighted by Gasteiger charge is 2.24. The van der Waals surface area contributed by atoms with Crippen LogP contribution in [0.3, 0.4) is 0 Å². The molecule has 2 heteroatoms. The van der Waals surface area contributed by atoms with Gasteiger partial charge < -0.3 is 5.32 Å². The Morgan fingerprint density at radius 2 is 2.17 bits per heavy atom. The lowest BCUT2D eigenvalue weighted by Gasteiger charge is -2.30. The van der Waals surface area contributed by atoms with E-state index in [4.69, 9.17) is 0 Å². The number of rotatable bonds is 2. The fraction of sp³-hybridized carbons (Fsp3) is 0.900. The third-order valence-electron chi connectivity index (χ3n) is 2.94. The van der Waals surface area contributed by atoms with E-state index in [1.807, 2.05) is 6.92 Å². The fourth-order valence-corrected chi connectivity index (χ4v) is 1.73. The lowest BCUT2D eigenvalue weighted by atomic mass is 9.87. The molecule has 1 heterocycles. The molecule has 0 radical (unpaired) electrons. The SMILES string of the molecule is CC(=O)C(C)C1CCC(C)CN1. The minimum Gasteiger partial charge on any atom is -0.313 e. The minimum absolute atomic E-state index is 0.192. The van der Waals surface area contributed by atoms with Crippen molar-refractivity contribution in [1.82, 2.24) is 5.32 Å².